The molecule has 6 nitrogen and oxygen atoms in total. The van der Waals surface area contributed by atoms with E-state index in [0.717, 1.165) is 11.4 Å². The summed E-state index contributed by atoms with van der Waals surface area (Å²) in [5.74, 6) is -0.139. The fraction of sp³-hybridized carbons (Fsp3) is 0.238. The third-order valence-electron chi connectivity index (χ3n) is 4.32. The third kappa shape index (κ3) is 4.71. The zero-order valence-corrected chi connectivity index (χ0v) is 16.3. The van der Waals surface area contributed by atoms with E-state index in [9.17, 15) is 13.6 Å². The molecule has 0 fully saturated rings. The van der Waals surface area contributed by atoms with Gasteiger partial charge in [0.25, 0.3) is 5.91 Å². The van der Waals surface area contributed by atoms with Gasteiger partial charge in [-0.3, -0.25) is 4.79 Å². The summed E-state index contributed by atoms with van der Waals surface area (Å²) in [5, 5.41) is 4.42. The molecule has 0 saturated carbocycles. The van der Waals surface area contributed by atoms with Crippen LogP contribution >= 0.6 is 0 Å². The molecule has 3 aromatic rings. The number of aryl methyl sites for hydroxylation is 1. The van der Waals surface area contributed by atoms with Crippen molar-refractivity contribution in [2.75, 3.05) is 14.2 Å². The lowest BCUT2D eigenvalue weighted by atomic mass is 10.2. The van der Waals surface area contributed by atoms with E-state index in [1.807, 2.05) is 37.3 Å². The highest BCUT2D eigenvalue weighted by molar-refractivity contribution is 5.92. The van der Waals surface area contributed by atoms with Crippen LogP contribution in [0.2, 0.25) is 0 Å². The molecule has 8 heteroatoms. The van der Waals surface area contributed by atoms with Gasteiger partial charge in [0.05, 0.1) is 12.8 Å². The molecule has 1 aromatic heterocycles. The van der Waals surface area contributed by atoms with Gasteiger partial charge in [0.2, 0.25) is 0 Å². The molecule has 0 atom stereocenters. The fourth-order valence-corrected chi connectivity index (χ4v) is 2.95. The molecular formula is C21H21F2N3O3. The second kappa shape index (κ2) is 8.72. The van der Waals surface area contributed by atoms with Crippen molar-refractivity contribution in [2.24, 2.45) is 0 Å². The summed E-state index contributed by atoms with van der Waals surface area (Å²) in [7, 11) is 3.01. The maximum absolute atomic E-state index is 12.8. The summed E-state index contributed by atoms with van der Waals surface area (Å²) >= 11 is 0. The van der Waals surface area contributed by atoms with Gasteiger partial charge in [-0.25, -0.2) is 4.68 Å². The fourth-order valence-electron chi connectivity index (χ4n) is 2.95. The van der Waals surface area contributed by atoms with E-state index in [1.54, 1.807) is 29.9 Å². The van der Waals surface area contributed by atoms with Crippen molar-refractivity contribution >= 4 is 5.91 Å². The summed E-state index contributed by atoms with van der Waals surface area (Å²) in [6.07, 6.45) is 0. The molecule has 0 unspecified atom stereocenters. The SMILES string of the molecule is COc1cc(CN(C)C(=O)c2cc(C)n(-c3ccccc3)n2)ccc1OC(F)F. The first-order chi connectivity index (χ1) is 13.9. The van der Waals surface area contributed by atoms with E-state index in [-0.39, 0.29) is 24.0 Å². The largest absolute Gasteiger partial charge is 0.493 e. The van der Waals surface area contributed by atoms with Gasteiger partial charge < -0.3 is 14.4 Å². The number of halogens is 2. The number of carbonyl (C=O) groups excluding carboxylic acids is 1. The molecule has 29 heavy (non-hydrogen) atoms. The van der Waals surface area contributed by atoms with E-state index in [0.29, 0.717) is 11.3 Å². The third-order valence-corrected chi connectivity index (χ3v) is 4.32. The van der Waals surface area contributed by atoms with Crippen molar-refractivity contribution in [3.63, 3.8) is 0 Å². The Morgan fingerprint density at radius 2 is 1.86 bits per heavy atom. The topological polar surface area (TPSA) is 56.6 Å². The molecule has 1 amide bonds. The van der Waals surface area contributed by atoms with Crippen molar-refractivity contribution in [1.82, 2.24) is 14.7 Å². The minimum absolute atomic E-state index is 0.0579. The van der Waals surface area contributed by atoms with Gasteiger partial charge in [-0.1, -0.05) is 24.3 Å². The van der Waals surface area contributed by atoms with Gasteiger partial charge in [0, 0.05) is 19.3 Å². The van der Waals surface area contributed by atoms with Crippen LogP contribution < -0.4 is 9.47 Å². The predicted octanol–water partition coefficient (Wildman–Crippen LogP) is 4.06. The molecule has 0 N–H and O–H groups in total. The Hall–Kier alpha value is -3.42. The lowest BCUT2D eigenvalue weighted by Crippen LogP contribution is -2.26. The first-order valence-electron chi connectivity index (χ1n) is 8.88. The van der Waals surface area contributed by atoms with Crippen molar-refractivity contribution in [3.05, 3.63) is 71.5 Å². The van der Waals surface area contributed by atoms with E-state index < -0.39 is 6.61 Å². The molecule has 1 heterocycles. The first kappa shape index (κ1) is 20.3. The maximum atomic E-state index is 12.8. The van der Waals surface area contributed by atoms with Gasteiger partial charge in [0.15, 0.2) is 17.2 Å². The molecule has 0 aliphatic heterocycles. The molecule has 0 saturated heterocycles. The summed E-state index contributed by atoms with van der Waals surface area (Å²) in [5.41, 5.74) is 2.73. The minimum atomic E-state index is -2.94. The molecule has 0 aliphatic rings. The number of alkyl halides is 2. The van der Waals surface area contributed by atoms with Gasteiger partial charge in [-0.2, -0.15) is 13.9 Å². The van der Waals surface area contributed by atoms with E-state index in [4.69, 9.17) is 4.74 Å². The number of benzene rings is 2. The Morgan fingerprint density at radius 1 is 1.14 bits per heavy atom. The van der Waals surface area contributed by atoms with Crippen LogP contribution in [0.5, 0.6) is 11.5 Å². The number of rotatable bonds is 7. The maximum Gasteiger partial charge on any atom is 0.387 e. The van der Waals surface area contributed by atoms with Gasteiger partial charge >= 0.3 is 6.61 Å². The molecule has 0 aliphatic carbocycles. The Balaban J connectivity index is 1.76. The monoisotopic (exact) mass is 401 g/mol. The number of para-hydroxylation sites is 1. The molecular weight excluding hydrogens is 380 g/mol. The highest BCUT2D eigenvalue weighted by Gasteiger charge is 2.18. The number of aromatic nitrogens is 2. The molecule has 0 spiro atoms. The number of carbonyl (C=O) groups is 1. The van der Waals surface area contributed by atoms with Gasteiger partial charge in [-0.05, 0) is 42.8 Å². The van der Waals surface area contributed by atoms with E-state index in [2.05, 4.69) is 9.84 Å². The van der Waals surface area contributed by atoms with Crippen LogP contribution in [0.4, 0.5) is 8.78 Å². The lowest BCUT2D eigenvalue weighted by Gasteiger charge is -2.17. The number of amides is 1. The zero-order valence-electron chi connectivity index (χ0n) is 16.3. The average molecular weight is 401 g/mol. The Bertz CT molecular complexity index is 990. The Morgan fingerprint density at radius 3 is 2.52 bits per heavy atom. The van der Waals surface area contributed by atoms with E-state index in [1.165, 1.54) is 18.1 Å². The highest BCUT2D eigenvalue weighted by Crippen LogP contribution is 2.30. The number of methoxy groups -OCH3 is 1. The summed E-state index contributed by atoms with van der Waals surface area (Å²) < 4.78 is 36.1. The Kier molecular flexibility index (Phi) is 6.11. The zero-order chi connectivity index (χ0) is 21.0. The summed E-state index contributed by atoms with van der Waals surface area (Å²) in [6, 6.07) is 15.8. The molecule has 0 radical (unpaired) electrons. The van der Waals surface area contributed by atoms with Crippen LogP contribution in [0.15, 0.2) is 54.6 Å². The molecule has 0 bridgehead atoms. The lowest BCUT2D eigenvalue weighted by molar-refractivity contribution is -0.0512. The normalized spacial score (nSPS) is 10.8. The predicted molar refractivity (Wildman–Crippen MR) is 104 cm³/mol. The van der Waals surface area contributed by atoms with Crippen LogP contribution in [0.25, 0.3) is 5.69 Å². The number of hydrogen-bond acceptors (Lipinski definition) is 4. The second-order valence-corrected chi connectivity index (χ2v) is 6.44. The van der Waals surface area contributed by atoms with Crippen LogP contribution in [0.1, 0.15) is 21.7 Å². The molecule has 3 rings (SSSR count). The van der Waals surface area contributed by atoms with Gasteiger partial charge in [-0.15, -0.1) is 0 Å². The smallest absolute Gasteiger partial charge is 0.387 e. The Labute approximate surface area is 167 Å². The summed E-state index contributed by atoms with van der Waals surface area (Å²) in [6.45, 7) is -0.813. The number of nitrogens with zero attached hydrogens (tertiary/aromatic N) is 3. The van der Waals surface area contributed by atoms with E-state index >= 15 is 0 Å². The van der Waals surface area contributed by atoms with Crippen molar-refractivity contribution < 1.29 is 23.0 Å². The van der Waals surface area contributed by atoms with Crippen LogP contribution in [-0.4, -0.2) is 41.4 Å². The number of hydrogen-bond donors (Lipinski definition) is 0. The van der Waals surface area contributed by atoms with Crippen LogP contribution in [0, 0.1) is 6.92 Å². The van der Waals surface area contributed by atoms with Crippen LogP contribution in [0.3, 0.4) is 0 Å². The van der Waals surface area contributed by atoms with Crippen LogP contribution in [-0.2, 0) is 6.54 Å². The van der Waals surface area contributed by atoms with Gasteiger partial charge in [0.1, 0.15) is 0 Å². The van der Waals surface area contributed by atoms with Crippen molar-refractivity contribution in [2.45, 2.75) is 20.1 Å². The quantitative estimate of drug-likeness (QED) is 0.599. The second-order valence-electron chi connectivity index (χ2n) is 6.44. The molecule has 2 aromatic carbocycles. The summed E-state index contributed by atoms with van der Waals surface area (Å²) in [4.78, 5) is 14.3. The van der Waals surface area contributed by atoms with Crippen molar-refractivity contribution in [1.29, 1.82) is 0 Å². The minimum Gasteiger partial charge on any atom is -0.493 e. The molecule has 152 valence electrons. The standard InChI is InChI=1S/C21H21F2N3O3/c1-14-11-17(24-26(14)16-7-5-4-6-8-16)20(27)25(2)13-15-9-10-18(29-21(22)23)19(12-15)28-3/h4-12,21H,13H2,1-3H3. The average Bonchev–Trinajstić information content (AvgIpc) is 3.10. The number of ether oxygens (including phenoxy) is 2. The first-order valence-corrected chi connectivity index (χ1v) is 8.88. The highest BCUT2D eigenvalue weighted by atomic mass is 19.3. The van der Waals surface area contributed by atoms with Crippen molar-refractivity contribution in [3.8, 4) is 17.2 Å².